The zero-order valence-electron chi connectivity index (χ0n) is 12.2. The Morgan fingerprint density at radius 3 is 2.75 bits per heavy atom. The summed E-state index contributed by atoms with van der Waals surface area (Å²) in [5.74, 6) is 0.879. The third kappa shape index (κ3) is 2.22. The molecule has 0 spiro atoms. The van der Waals surface area contributed by atoms with E-state index in [0.29, 0.717) is 5.92 Å². The third-order valence-electron chi connectivity index (χ3n) is 5.07. The van der Waals surface area contributed by atoms with Crippen molar-refractivity contribution in [3.8, 4) is 5.75 Å². The summed E-state index contributed by atoms with van der Waals surface area (Å²) in [5, 5.41) is 21.0. The molecule has 112 valence electrons. The molecule has 4 heteroatoms. The molecular weight excluding hydrogens is 274 g/mol. The number of halogens is 1. The Bertz CT molecular complexity index is 493. The van der Waals surface area contributed by atoms with Crippen LogP contribution >= 0.6 is 12.4 Å². The SMILES string of the molecule is CN(C)CC12CC1CCCC2(O)c1cccc(O)c1.Cl. The summed E-state index contributed by atoms with van der Waals surface area (Å²) in [6, 6.07) is 7.19. The molecule has 0 saturated heterocycles. The topological polar surface area (TPSA) is 43.7 Å². The first kappa shape index (κ1) is 15.6. The van der Waals surface area contributed by atoms with Crippen LogP contribution in [0.1, 0.15) is 31.2 Å². The highest BCUT2D eigenvalue weighted by molar-refractivity contribution is 5.85. The van der Waals surface area contributed by atoms with Gasteiger partial charge < -0.3 is 15.1 Å². The first-order chi connectivity index (χ1) is 8.98. The van der Waals surface area contributed by atoms with Gasteiger partial charge in [-0.05, 0) is 63.4 Å². The Morgan fingerprint density at radius 1 is 1.35 bits per heavy atom. The zero-order valence-corrected chi connectivity index (χ0v) is 13.0. The molecule has 20 heavy (non-hydrogen) atoms. The van der Waals surface area contributed by atoms with Crippen LogP contribution in [-0.4, -0.2) is 35.8 Å². The number of aromatic hydroxyl groups is 1. The van der Waals surface area contributed by atoms with E-state index in [1.165, 1.54) is 6.42 Å². The molecule has 2 fully saturated rings. The van der Waals surface area contributed by atoms with Crippen LogP contribution in [0.2, 0.25) is 0 Å². The molecule has 0 aliphatic heterocycles. The lowest BCUT2D eigenvalue weighted by Gasteiger charge is -2.42. The molecule has 2 saturated carbocycles. The van der Waals surface area contributed by atoms with E-state index < -0.39 is 5.60 Å². The van der Waals surface area contributed by atoms with E-state index in [0.717, 1.165) is 31.4 Å². The van der Waals surface area contributed by atoms with Crippen molar-refractivity contribution < 1.29 is 10.2 Å². The summed E-state index contributed by atoms with van der Waals surface area (Å²) < 4.78 is 0. The summed E-state index contributed by atoms with van der Waals surface area (Å²) in [6.07, 6.45) is 4.22. The predicted molar refractivity (Wildman–Crippen MR) is 82.2 cm³/mol. The fourth-order valence-corrected chi connectivity index (χ4v) is 4.20. The summed E-state index contributed by atoms with van der Waals surface area (Å²) in [7, 11) is 4.14. The van der Waals surface area contributed by atoms with Crippen LogP contribution in [0, 0.1) is 11.3 Å². The lowest BCUT2D eigenvalue weighted by Crippen LogP contribution is -2.45. The second-order valence-corrected chi connectivity index (χ2v) is 6.60. The van der Waals surface area contributed by atoms with Crippen LogP contribution in [0.5, 0.6) is 5.75 Å². The minimum Gasteiger partial charge on any atom is -0.508 e. The van der Waals surface area contributed by atoms with Crippen molar-refractivity contribution in [1.82, 2.24) is 4.90 Å². The second kappa shape index (κ2) is 5.21. The largest absolute Gasteiger partial charge is 0.508 e. The molecule has 0 radical (unpaired) electrons. The van der Waals surface area contributed by atoms with Gasteiger partial charge in [0.05, 0.1) is 5.60 Å². The van der Waals surface area contributed by atoms with Crippen LogP contribution in [0.4, 0.5) is 0 Å². The molecule has 0 heterocycles. The first-order valence-electron chi connectivity index (χ1n) is 7.15. The monoisotopic (exact) mass is 297 g/mol. The van der Waals surface area contributed by atoms with Gasteiger partial charge in [-0.3, -0.25) is 0 Å². The van der Waals surface area contributed by atoms with E-state index in [9.17, 15) is 10.2 Å². The van der Waals surface area contributed by atoms with Crippen LogP contribution in [0.25, 0.3) is 0 Å². The molecule has 3 nitrogen and oxygen atoms in total. The van der Waals surface area contributed by atoms with Gasteiger partial charge in [0.25, 0.3) is 0 Å². The molecule has 3 atom stereocenters. The van der Waals surface area contributed by atoms with Gasteiger partial charge in [-0.2, -0.15) is 0 Å². The van der Waals surface area contributed by atoms with Crippen LogP contribution in [-0.2, 0) is 5.60 Å². The maximum Gasteiger partial charge on any atom is 0.115 e. The minimum absolute atomic E-state index is 0. The molecule has 1 aromatic rings. The Morgan fingerprint density at radius 2 is 2.10 bits per heavy atom. The summed E-state index contributed by atoms with van der Waals surface area (Å²) in [6.45, 7) is 0.920. The molecule has 2 aliphatic rings. The smallest absolute Gasteiger partial charge is 0.115 e. The number of phenolic OH excluding ortho intramolecular Hbond substituents is 1. The number of phenols is 1. The van der Waals surface area contributed by atoms with Crippen molar-refractivity contribution >= 4 is 12.4 Å². The van der Waals surface area contributed by atoms with Crippen molar-refractivity contribution in [2.45, 2.75) is 31.3 Å². The number of nitrogens with zero attached hydrogens (tertiary/aromatic N) is 1. The number of hydrogen-bond acceptors (Lipinski definition) is 3. The third-order valence-corrected chi connectivity index (χ3v) is 5.07. The molecular formula is C16H24ClNO2. The molecule has 2 N–H and O–H groups in total. The second-order valence-electron chi connectivity index (χ2n) is 6.60. The van der Waals surface area contributed by atoms with E-state index >= 15 is 0 Å². The van der Waals surface area contributed by atoms with Gasteiger partial charge in [-0.15, -0.1) is 12.4 Å². The average molecular weight is 298 g/mol. The standard InChI is InChI=1S/C16H23NO2.ClH/c1-17(2)11-15-10-13(15)6-4-8-16(15,19)12-5-3-7-14(18)9-12;/h3,5,7,9,13,18-19H,4,6,8,10-11H2,1-2H3;1H. The number of rotatable bonds is 3. The Balaban J connectivity index is 0.00000147. The van der Waals surface area contributed by atoms with Gasteiger partial charge in [0.2, 0.25) is 0 Å². The van der Waals surface area contributed by atoms with Crippen molar-refractivity contribution in [2.24, 2.45) is 11.3 Å². The molecule has 0 bridgehead atoms. The number of aliphatic hydroxyl groups is 1. The Kier molecular flexibility index (Phi) is 4.07. The number of hydrogen-bond donors (Lipinski definition) is 2. The van der Waals surface area contributed by atoms with E-state index in [1.54, 1.807) is 12.1 Å². The van der Waals surface area contributed by atoms with Gasteiger partial charge in [0, 0.05) is 12.0 Å². The maximum atomic E-state index is 11.3. The van der Waals surface area contributed by atoms with E-state index in [4.69, 9.17) is 0 Å². The zero-order chi connectivity index (χ0) is 13.7. The number of fused-ring (bicyclic) bond motifs is 1. The number of benzene rings is 1. The van der Waals surface area contributed by atoms with Crippen molar-refractivity contribution in [3.05, 3.63) is 29.8 Å². The Hall–Kier alpha value is -0.770. The normalized spacial score (nSPS) is 35.3. The summed E-state index contributed by atoms with van der Waals surface area (Å²) in [5.41, 5.74) is 0.0955. The van der Waals surface area contributed by atoms with Gasteiger partial charge in [-0.25, -0.2) is 0 Å². The lowest BCUT2D eigenvalue weighted by molar-refractivity contribution is -0.0783. The van der Waals surface area contributed by atoms with E-state index in [2.05, 4.69) is 19.0 Å². The molecule has 1 aromatic carbocycles. The summed E-state index contributed by atoms with van der Waals surface area (Å²) in [4.78, 5) is 2.18. The lowest BCUT2D eigenvalue weighted by atomic mass is 9.70. The summed E-state index contributed by atoms with van der Waals surface area (Å²) >= 11 is 0. The molecule has 3 unspecified atom stereocenters. The highest BCUT2D eigenvalue weighted by Gasteiger charge is 2.67. The van der Waals surface area contributed by atoms with Gasteiger partial charge >= 0.3 is 0 Å². The average Bonchev–Trinajstić information content (AvgIpc) is 3.04. The van der Waals surface area contributed by atoms with Gasteiger partial charge in [0.15, 0.2) is 0 Å². The van der Waals surface area contributed by atoms with Crippen LogP contribution in [0.15, 0.2) is 24.3 Å². The molecule has 2 aliphatic carbocycles. The minimum atomic E-state index is -0.779. The molecule has 3 rings (SSSR count). The quantitative estimate of drug-likeness (QED) is 0.901. The van der Waals surface area contributed by atoms with Gasteiger partial charge in [0.1, 0.15) is 5.75 Å². The van der Waals surface area contributed by atoms with Crippen molar-refractivity contribution in [3.63, 3.8) is 0 Å². The van der Waals surface area contributed by atoms with Gasteiger partial charge in [-0.1, -0.05) is 12.1 Å². The van der Waals surface area contributed by atoms with Crippen LogP contribution in [0.3, 0.4) is 0 Å². The molecule has 0 amide bonds. The fourth-order valence-electron chi connectivity index (χ4n) is 4.20. The first-order valence-corrected chi connectivity index (χ1v) is 7.15. The van der Waals surface area contributed by atoms with Crippen molar-refractivity contribution in [2.75, 3.05) is 20.6 Å². The molecule has 0 aromatic heterocycles. The fraction of sp³-hybridized carbons (Fsp3) is 0.625. The highest BCUT2D eigenvalue weighted by Crippen LogP contribution is 2.69. The maximum absolute atomic E-state index is 11.3. The van der Waals surface area contributed by atoms with E-state index in [1.807, 2.05) is 12.1 Å². The van der Waals surface area contributed by atoms with Crippen molar-refractivity contribution in [1.29, 1.82) is 0 Å². The predicted octanol–water partition coefficient (Wildman–Crippen LogP) is 2.75. The van der Waals surface area contributed by atoms with E-state index in [-0.39, 0.29) is 23.6 Å². The van der Waals surface area contributed by atoms with Crippen LogP contribution < -0.4 is 0 Å². The highest BCUT2D eigenvalue weighted by atomic mass is 35.5. The Labute approximate surface area is 127 Å².